The quantitative estimate of drug-likeness (QED) is 0.596. The van der Waals surface area contributed by atoms with Gasteiger partial charge in [-0.05, 0) is 0 Å². The number of hydrogen-bond acceptors (Lipinski definition) is 0. The maximum Gasteiger partial charge on any atom is 0.0439 e. The largest absolute Gasteiger partial charge is 0.0696 e. The second-order valence-corrected chi connectivity index (χ2v) is 7.68. The molecule has 0 spiro atoms. The Bertz CT molecular complexity index is 23.0. The fourth-order valence-electron chi connectivity index (χ4n) is 0. The zero-order valence-corrected chi connectivity index (χ0v) is 9.82. The zero-order chi connectivity index (χ0) is 4.50. The molecule has 0 saturated heterocycles. The van der Waals surface area contributed by atoms with E-state index in [1.807, 2.05) is 0 Å². The van der Waals surface area contributed by atoms with E-state index in [2.05, 4.69) is 26.2 Å². The molecule has 0 atom stereocenters. The SMILES string of the molecule is [CH2][Si](C)(C)C.[Th]. The van der Waals surface area contributed by atoms with Crippen molar-refractivity contribution in [2.45, 2.75) is 19.6 Å². The Morgan fingerprint density at radius 2 is 1.17 bits per heavy atom. The molecule has 0 heterocycles. The van der Waals surface area contributed by atoms with Crippen molar-refractivity contribution in [2.24, 2.45) is 0 Å². The van der Waals surface area contributed by atoms with Crippen LogP contribution in [-0.2, 0) is 0 Å². The summed E-state index contributed by atoms with van der Waals surface area (Å²) in [6.45, 7) is 10.6. The minimum Gasteiger partial charge on any atom is -0.0696 e. The van der Waals surface area contributed by atoms with Crippen molar-refractivity contribution in [3.63, 3.8) is 0 Å². The summed E-state index contributed by atoms with van der Waals surface area (Å²) in [6, 6.07) is 0. The van der Waals surface area contributed by atoms with Gasteiger partial charge in [0.25, 0.3) is 0 Å². The van der Waals surface area contributed by atoms with E-state index in [1.54, 1.807) is 0 Å². The van der Waals surface area contributed by atoms with Gasteiger partial charge in [0.05, 0.1) is 0 Å². The summed E-state index contributed by atoms with van der Waals surface area (Å²) in [5.41, 5.74) is 0. The topological polar surface area (TPSA) is 0 Å². The smallest absolute Gasteiger partial charge is 0.0439 e. The van der Waals surface area contributed by atoms with Gasteiger partial charge in [-0.2, -0.15) is 0 Å². The molecule has 0 nitrogen and oxygen atoms in total. The standard InChI is InChI=1S/C4H11Si.Th/c1-5(2,3)4;/h1H2,2-4H3;. The summed E-state index contributed by atoms with van der Waals surface area (Å²) < 4.78 is 0. The summed E-state index contributed by atoms with van der Waals surface area (Å²) in [4.78, 5) is 0. The predicted octanol–water partition coefficient (Wildman–Crippen LogP) is 1.70. The minimum atomic E-state index is -0.861. The Kier molecular flexibility index (Phi) is 6.19. The van der Waals surface area contributed by atoms with Crippen molar-refractivity contribution in [1.82, 2.24) is 0 Å². The van der Waals surface area contributed by atoms with E-state index in [4.69, 9.17) is 0 Å². The zero-order valence-electron chi connectivity index (χ0n) is 4.71. The van der Waals surface area contributed by atoms with Crippen LogP contribution < -0.4 is 0 Å². The molecule has 1 radical (unpaired) electrons. The molecule has 0 rings (SSSR count). The molecule has 0 unspecified atom stereocenters. The van der Waals surface area contributed by atoms with Crippen molar-refractivity contribution < 1.29 is 39.9 Å². The van der Waals surface area contributed by atoms with Gasteiger partial charge in [-0.25, -0.2) is 0 Å². The maximum absolute atomic E-state index is 3.91. The Morgan fingerprint density at radius 1 is 1.17 bits per heavy atom. The number of rotatable bonds is 0. The van der Waals surface area contributed by atoms with Crippen LogP contribution in [-0.4, -0.2) is 8.07 Å². The van der Waals surface area contributed by atoms with Crippen LogP contribution in [0.5, 0.6) is 0 Å². The van der Waals surface area contributed by atoms with E-state index in [9.17, 15) is 0 Å². The van der Waals surface area contributed by atoms with Crippen LogP contribution in [0.25, 0.3) is 0 Å². The van der Waals surface area contributed by atoms with Gasteiger partial charge in [0, 0.05) is 48.0 Å². The summed E-state index contributed by atoms with van der Waals surface area (Å²) in [6.07, 6.45) is 0. The van der Waals surface area contributed by atoms with Crippen LogP contribution in [0.3, 0.4) is 0 Å². The van der Waals surface area contributed by atoms with Crippen LogP contribution in [0.1, 0.15) is 0 Å². The van der Waals surface area contributed by atoms with Crippen molar-refractivity contribution in [1.29, 1.82) is 0 Å². The fourth-order valence-corrected chi connectivity index (χ4v) is 0. The molecule has 6 heavy (non-hydrogen) atoms. The first-order valence-corrected chi connectivity index (χ1v) is 5.56. The molecular weight excluding hydrogens is 308 g/mol. The third-order valence-corrected chi connectivity index (χ3v) is 0. The predicted molar refractivity (Wildman–Crippen MR) is 28.7 cm³/mol. The maximum atomic E-state index is 3.91. The first-order valence-electron chi connectivity index (χ1n) is 1.85. The molecule has 0 aromatic rings. The van der Waals surface area contributed by atoms with Crippen molar-refractivity contribution in [3.8, 4) is 0 Å². The summed E-state index contributed by atoms with van der Waals surface area (Å²) >= 11 is 0. The van der Waals surface area contributed by atoms with Gasteiger partial charge in [0.1, 0.15) is 0 Å². The molecule has 0 aliphatic rings. The van der Waals surface area contributed by atoms with Gasteiger partial charge in [-0.15, -0.1) is 0 Å². The van der Waals surface area contributed by atoms with Gasteiger partial charge in [0.15, 0.2) is 0 Å². The van der Waals surface area contributed by atoms with Crippen molar-refractivity contribution in [2.75, 3.05) is 0 Å². The van der Waals surface area contributed by atoms with E-state index in [0.717, 1.165) is 0 Å². The molecule has 0 bridgehead atoms. The van der Waals surface area contributed by atoms with E-state index in [0.29, 0.717) is 0 Å². The van der Waals surface area contributed by atoms with E-state index < -0.39 is 8.07 Å². The molecule has 0 saturated carbocycles. The van der Waals surface area contributed by atoms with Gasteiger partial charge in [-0.1, -0.05) is 26.2 Å². The second-order valence-electron chi connectivity index (χ2n) is 2.56. The monoisotopic (exact) mass is 319 g/mol. The van der Waals surface area contributed by atoms with Crippen molar-refractivity contribution >= 4 is 8.07 Å². The van der Waals surface area contributed by atoms with Gasteiger partial charge in [-0.3, -0.25) is 0 Å². The van der Waals surface area contributed by atoms with Gasteiger partial charge >= 0.3 is 0 Å². The molecule has 0 N–H and O–H groups in total. The third kappa shape index (κ3) is 48.1. The average molecular weight is 319 g/mol. The molecule has 0 aliphatic heterocycles. The Balaban J connectivity index is 0. The summed E-state index contributed by atoms with van der Waals surface area (Å²) in [5, 5.41) is 0. The van der Waals surface area contributed by atoms with Crippen LogP contribution >= 0.6 is 0 Å². The average Bonchev–Trinajstić information content (AvgIpc) is 0.722. The minimum absolute atomic E-state index is 0. The van der Waals surface area contributed by atoms with Crippen LogP contribution in [0.4, 0.5) is 0 Å². The Morgan fingerprint density at radius 3 is 1.17 bits per heavy atom. The summed E-state index contributed by atoms with van der Waals surface area (Å²) in [7, 11) is -0.861. The van der Waals surface area contributed by atoms with Gasteiger partial charge in [0.2, 0.25) is 0 Å². The molecule has 0 aliphatic carbocycles. The molecular formula is C4H11SiTh. The molecule has 0 amide bonds. The Labute approximate surface area is 73.4 Å². The first-order chi connectivity index (χ1) is 2.00. The van der Waals surface area contributed by atoms with Crippen LogP contribution in [0.2, 0.25) is 19.6 Å². The molecule has 0 aromatic heterocycles. The van der Waals surface area contributed by atoms with Crippen LogP contribution in [0.15, 0.2) is 0 Å². The van der Waals surface area contributed by atoms with E-state index in [1.165, 1.54) is 0 Å². The normalized spacial score (nSPS) is 10.0. The van der Waals surface area contributed by atoms with Crippen LogP contribution in [0, 0.1) is 46.5 Å². The second kappa shape index (κ2) is 3.53. The molecule has 35 valence electrons. The first kappa shape index (κ1) is 10.5. The Hall–Kier alpha value is 1.54. The van der Waals surface area contributed by atoms with Gasteiger partial charge < -0.3 is 0 Å². The number of hydrogen-bond donors (Lipinski definition) is 0. The fraction of sp³-hybridized carbons (Fsp3) is 0.750. The molecule has 0 aromatic carbocycles. The molecule has 0 fully saturated rings. The molecule has 2 heteroatoms. The third-order valence-electron chi connectivity index (χ3n) is 0. The van der Waals surface area contributed by atoms with Crippen molar-refractivity contribution in [3.05, 3.63) is 6.55 Å². The summed E-state index contributed by atoms with van der Waals surface area (Å²) in [5.74, 6) is 0. The van der Waals surface area contributed by atoms with E-state index in [-0.39, 0.29) is 39.9 Å². The van der Waals surface area contributed by atoms with E-state index >= 15 is 0 Å².